The average molecular weight is 233 g/mol. The molecule has 1 aromatic rings. The van der Waals surface area contributed by atoms with E-state index < -0.39 is 0 Å². The third-order valence-corrected chi connectivity index (χ3v) is 3.46. The monoisotopic (exact) mass is 233 g/mol. The van der Waals surface area contributed by atoms with Crippen LogP contribution in [0.2, 0.25) is 0 Å². The van der Waals surface area contributed by atoms with Gasteiger partial charge in [-0.15, -0.1) is 0 Å². The van der Waals surface area contributed by atoms with Crippen molar-refractivity contribution in [3.8, 4) is 5.75 Å². The molecule has 1 aliphatic heterocycles. The number of phenolic OH excluding ortho intramolecular Hbond substituents is 1. The highest BCUT2D eigenvalue weighted by Gasteiger charge is 2.32. The summed E-state index contributed by atoms with van der Waals surface area (Å²) < 4.78 is 0. The fraction of sp³-hybridized carbons (Fsp3) is 0.500. The molecule has 1 saturated heterocycles. The van der Waals surface area contributed by atoms with Crippen LogP contribution in [0.15, 0.2) is 24.3 Å². The van der Waals surface area contributed by atoms with Crippen LogP contribution in [0.25, 0.3) is 0 Å². The lowest BCUT2D eigenvalue weighted by Crippen LogP contribution is -2.38. The van der Waals surface area contributed by atoms with Crippen LogP contribution in [0.1, 0.15) is 37.0 Å². The first-order valence-corrected chi connectivity index (χ1v) is 6.20. The van der Waals surface area contributed by atoms with Crippen molar-refractivity contribution in [1.82, 2.24) is 4.90 Å². The molecule has 0 radical (unpaired) electrons. The number of likely N-dealkylation sites (tertiary alicyclic amines) is 1. The molecular formula is C14H19NO2. The summed E-state index contributed by atoms with van der Waals surface area (Å²) in [5.74, 6) is 0.499. The number of benzene rings is 1. The summed E-state index contributed by atoms with van der Waals surface area (Å²) in [7, 11) is 0. The van der Waals surface area contributed by atoms with Crippen molar-refractivity contribution in [3.63, 3.8) is 0 Å². The molecule has 1 unspecified atom stereocenters. The molecule has 0 aliphatic carbocycles. The van der Waals surface area contributed by atoms with Gasteiger partial charge in [-0.05, 0) is 30.9 Å². The van der Waals surface area contributed by atoms with E-state index in [1.807, 2.05) is 4.90 Å². The molecule has 1 aliphatic rings. The highest BCUT2D eigenvalue weighted by Crippen LogP contribution is 2.27. The molecule has 2 rings (SSSR count). The minimum absolute atomic E-state index is 0.0423. The van der Waals surface area contributed by atoms with Crippen molar-refractivity contribution in [3.05, 3.63) is 29.8 Å². The topological polar surface area (TPSA) is 40.5 Å². The maximum atomic E-state index is 12.3. The number of carbonyl (C=O) groups excluding carboxylic acids is 1. The summed E-state index contributed by atoms with van der Waals surface area (Å²) in [4.78, 5) is 14.3. The van der Waals surface area contributed by atoms with E-state index in [1.165, 1.54) is 0 Å². The van der Waals surface area contributed by atoms with Gasteiger partial charge in [0.25, 0.3) is 5.91 Å². The highest BCUT2D eigenvalue weighted by atomic mass is 16.3. The first kappa shape index (κ1) is 12.0. The van der Waals surface area contributed by atoms with Gasteiger partial charge in [-0.1, -0.05) is 26.0 Å². The first-order chi connectivity index (χ1) is 8.11. The molecule has 1 aromatic carbocycles. The van der Waals surface area contributed by atoms with Gasteiger partial charge in [0.2, 0.25) is 0 Å². The number of nitrogens with zero attached hydrogens (tertiary/aromatic N) is 1. The van der Waals surface area contributed by atoms with Crippen LogP contribution in [-0.2, 0) is 0 Å². The van der Waals surface area contributed by atoms with Gasteiger partial charge < -0.3 is 10.0 Å². The van der Waals surface area contributed by atoms with E-state index >= 15 is 0 Å². The lowest BCUT2D eigenvalue weighted by Gasteiger charge is -2.27. The Bertz CT molecular complexity index is 414. The van der Waals surface area contributed by atoms with Gasteiger partial charge in [0.1, 0.15) is 5.75 Å². The second-order valence-corrected chi connectivity index (χ2v) is 4.97. The molecule has 17 heavy (non-hydrogen) atoms. The Balaban J connectivity index is 2.23. The molecule has 0 bridgehead atoms. The maximum Gasteiger partial charge on any atom is 0.257 e. The molecule has 1 atom stereocenters. The quantitative estimate of drug-likeness (QED) is 0.853. The molecule has 1 amide bonds. The zero-order valence-corrected chi connectivity index (χ0v) is 10.4. The second kappa shape index (κ2) is 4.78. The number of hydrogen-bond acceptors (Lipinski definition) is 2. The van der Waals surface area contributed by atoms with Gasteiger partial charge in [-0.25, -0.2) is 0 Å². The number of carbonyl (C=O) groups is 1. The van der Waals surface area contributed by atoms with Crippen LogP contribution in [-0.4, -0.2) is 28.5 Å². The van der Waals surface area contributed by atoms with Crippen molar-refractivity contribution < 1.29 is 9.90 Å². The summed E-state index contributed by atoms with van der Waals surface area (Å²) in [6.45, 7) is 5.08. The second-order valence-electron chi connectivity index (χ2n) is 4.97. The summed E-state index contributed by atoms with van der Waals surface area (Å²) >= 11 is 0. The third kappa shape index (κ3) is 2.28. The highest BCUT2D eigenvalue weighted by molar-refractivity contribution is 5.97. The minimum atomic E-state index is -0.0423. The van der Waals surface area contributed by atoms with Crippen LogP contribution in [0.5, 0.6) is 5.75 Å². The fourth-order valence-electron chi connectivity index (χ4n) is 2.55. The molecule has 1 fully saturated rings. The predicted octanol–water partition coefficient (Wildman–Crippen LogP) is 2.65. The van der Waals surface area contributed by atoms with Crippen LogP contribution >= 0.6 is 0 Å². The molecular weight excluding hydrogens is 214 g/mol. The van der Waals surface area contributed by atoms with E-state index in [0.717, 1.165) is 19.4 Å². The van der Waals surface area contributed by atoms with E-state index in [9.17, 15) is 9.90 Å². The van der Waals surface area contributed by atoms with E-state index in [2.05, 4.69) is 13.8 Å². The third-order valence-electron chi connectivity index (χ3n) is 3.46. The Kier molecular flexibility index (Phi) is 3.36. The smallest absolute Gasteiger partial charge is 0.257 e. The van der Waals surface area contributed by atoms with Crippen molar-refractivity contribution in [2.45, 2.75) is 32.7 Å². The van der Waals surface area contributed by atoms with E-state index in [-0.39, 0.29) is 11.7 Å². The van der Waals surface area contributed by atoms with Crippen LogP contribution in [0, 0.1) is 5.92 Å². The average Bonchev–Trinajstić information content (AvgIpc) is 2.77. The number of rotatable bonds is 2. The molecule has 92 valence electrons. The number of phenols is 1. The fourth-order valence-corrected chi connectivity index (χ4v) is 2.55. The molecule has 0 aromatic heterocycles. The van der Waals surface area contributed by atoms with Gasteiger partial charge in [-0.3, -0.25) is 4.79 Å². The van der Waals surface area contributed by atoms with E-state index in [1.54, 1.807) is 24.3 Å². The molecule has 3 heteroatoms. The zero-order valence-electron chi connectivity index (χ0n) is 10.4. The van der Waals surface area contributed by atoms with Crippen molar-refractivity contribution in [2.24, 2.45) is 5.92 Å². The van der Waals surface area contributed by atoms with Crippen LogP contribution in [0.3, 0.4) is 0 Å². The molecule has 0 saturated carbocycles. The Hall–Kier alpha value is -1.51. The lowest BCUT2D eigenvalue weighted by molar-refractivity contribution is 0.0698. The maximum absolute atomic E-state index is 12.3. The van der Waals surface area contributed by atoms with Crippen molar-refractivity contribution >= 4 is 5.91 Å². The normalized spacial score (nSPS) is 19.9. The lowest BCUT2D eigenvalue weighted by atomic mass is 10.0. The largest absolute Gasteiger partial charge is 0.507 e. The van der Waals surface area contributed by atoms with Crippen molar-refractivity contribution in [1.29, 1.82) is 0 Å². The predicted molar refractivity (Wildman–Crippen MR) is 67.0 cm³/mol. The summed E-state index contributed by atoms with van der Waals surface area (Å²) in [5, 5.41) is 9.72. The SMILES string of the molecule is CC(C)C1CCCN1C(=O)c1ccccc1O. The summed E-state index contributed by atoms with van der Waals surface area (Å²) in [5.41, 5.74) is 0.417. The van der Waals surface area contributed by atoms with Gasteiger partial charge in [0, 0.05) is 12.6 Å². The van der Waals surface area contributed by atoms with E-state index in [4.69, 9.17) is 0 Å². The Morgan fingerprint density at radius 1 is 1.41 bits per heavy atom. The molecule has 0 spiro atoms. The van der Waals surface area contributed by atoms with Gasteiger partial charge in [0.05, 0.1) is 5.56 Å². The molecule has 3 nitrogen and oxygen atoms in total. The zero-order chi connectivity index (χ0) is 12.4. The summed E-state index contributed by atoms with van der Waals surface area (Å²) in [6, 6.07) is 7.08. The molecule has 1 heterocycles. The number of para-hydroxylation sites is 1. The first-order valence-electron chi connectivity index (χ1n) is 6.20. The number of amides is 1. The van der Waals surface area contributed by atoms with Gasteiger partial charge in [-0.2, -0.15) is 0 Å². The Morgan fingerprint density at radius 2 is 2.12 bits per heavy atom. The van der Waals surface area contributed by atoms with E-state index in [0.29, 0.717) is 17.5 Å². The molecule has 1 N–H and O–H groups in total. The summed E-state index contributed by atoms with van der Waals surface area (Å²) in [6.07, 6.45) is 2.12. The van der Waals surface area contributed by atoms with Crippen LogP contribution in [0.4, 0.5) is 0 Å². The van der Waals surface area contributed by atoms with Gasteiger partial charge in [0.15, 0.2) is 0 Å². The Labute approximate surface area is 102 Å². The Morgan fingerprint density at radius 3 is 2.76 bits per heavy atom. The standard InChI is InChI=1S/C14H19NO2/c1-10(2)12-7-5-9-15(12)14(17)11-6-3-4-8-13(11)16/h3-4,6,8,10,12,16H,5,7,9H2,1-2H3. The number of aromatic hydroxyl groups is 1. The number of hydrogen-bond donors (Lipinski definition) is 1. The van der Waals surface area contributed by atoms with Gasteiger partial charge >= 0.3 is 0 Å². The minimum Gasteiger partial charge on any atom is -0.507 e. The van der Waals surface area contributed by atoms with Crippen LogP contribution < -0.4 is 0 Å². The van der Waals surface area contributed by atoms with Crippen molar-refractivity contribution in [2.75, 3.05) is 6.54 Å².